The Bertz CT molecular complexity index is 258. The highest BCUT2D eigenvalue weighted by molar-refractivity contribution is 14.1. The van der Waals surface area contributed by atoms with Crippen molar-refractivity contribution in [3.63, 3.8) is 0 Å². The Morgan fingerprint density at radius 3 is 2.50 bits per heavy atom. The van der Waals surface area contributed by atoms with E-state index >= 15 is 0 Å². The fourth-order valence-electron chi connectivity index (χ4n) is 0.791. The monoisotopic (exact) mass is 282 g/mol. The molecule has 1 rings (SSSR count). The second-order valence-electron chi connectivity index (χ2n) is 2.92. The Kier molecular flexibility index (Phi) is 3.08. The van der Waals surface area contributed by atoms with Crippen molar-refractivity contribution < 1.29 is 10.2 Å². The van der Waals surface area contributed by atoms with E-state index in [0.717, 1.165) is 3.57 Å². The normalized spacial score (nSPS) is 12.0. The summed E-state index contributed by atoms with van der Waals surface area (Å²) >= 11 is 2.13. The number of hydrogen-bond acceptors (Lipinski definition) is 3. The fourth-order valence-corrected chi connectivity index (χ4v) is 1.18. The van der Waals surface area contributed by atoms with Crippen molar-refractivity contribution >= 4 is 22.6 Å². The summed E-state index contributed by atoms with van der Waals surface area (Å²) in [6, 6.07) is 0. The average Bonchev–Trinajstić information content (AvgIpc) is 2.51. The summed E-state index contributed by atoms with van der Waals surface area (Å²) in [4.78, 5) is 0. The largest absolute Gasteiger partial charge is 0.394 e. The molecule has 1 aromatic heterocycles. The molecule has 0 radical (unpaired) electrons. The average molecular weight is 282 g/mol. The van der Waals surface area contributed by atoms with Crippen LogP contribution in [0.5, 0.6) is 0 Å². The molecule has 12 heavy (non-hydrogen) atoms. The molecule has 0 bridgehead atoms. The van der Waals surface area contributed by atoms with Crippen molar-refractivity contribution in [3.8, 4) is 0 Å². The molecule has 0 unspecified atom stereocenters. The van der Waals surface area contributed by atoms with E-state index < -0.39 is 5.54 Å². The number of hydrogen-bond donors (Lipinski definition) is 2. The van der Waals surface area contributed by atoms with Gasteiger partial charge in [-0.05, 0) is 29.5 Å². The molecule has 0 amide bonds. The summed E-state index contributed by atoms with van der Waals surface area (Å²) in [6.45, 7) is 1.50. The van der Waals surface area contributed by atoms with Crippen LogP contribution in [-0.2, 0) is 5.54 Å². The zero-order valence-corrected chi connectivity index (χ0v) is 8.89. The lowest BCUT2D eigenvalue weighted by atomic mass is 10.1. The van der Waals surface area contributed by atoms with Crippen molar-refractivity contribution in [3.05, 3.63) is 16.0 Å². The first-order chi connectivity index (χ1) is 5.62. The van der Waals surface area contributed by atoms with E-state index in [2.05, 4.69) is 27.7 Å². The van der Waals surface area contributed by atoms with E-state index in [1.165, 1.54) is 0 Å². The highest BCUT2D eigenvalue weighted by atomic mass is 127. The van der Waals surface area contributed by atoms with Gasteiger partial charge in [-0.1, -0.05) is 0 Å². The van der Waals surface area contributed by atoms with Crippen LogP contribution >= 0.6 is 22.6 Å². The van der Waals surface area contributed by atoms with Crippen molar-refractivity contribution in [1.82, 2.24) is 9.78 Å². The second-order valence-corrected chi connectivity index (χ2v) is 4.16. The van der Waals surface area contributed by atoms with Gasteiger partial charge in [0.2, 0.25) is 0 Å². The lowest BCUT2D eigenvalue weighted by molar-refractivity contribution is 0.0681. The molecule has 4 nitrogen and oxygen atoms in total. The minimum absolute atomic E-state index is 0.124. The molecule has 0 aliphatic carbocycles. The first kappa shape index (κ1) is 9.94. The lowest BCUT2D eigenvalue weighted by Gasteiger charge is -2.24. The minimum Gasteiger partial charge on any atom is -0.394 e. The minimum atomic E-state index is -0.691. The lowest BCUT2D eigenvalue weighted by Crippen LogP contribution is -2.38. The maximum atomic E-state index is 9.02. The number of aliphatic hydroxyl groups excluding tert-OH is 2. The van der Waals surface area contributed by atoms with E-state index in [1.807, 2.05) is 0 Å². The van der Waals surface area contributed by atoms with Gasteiger partial charge in [-0.3, -0.25) is 4.68 Å². The SMILES string of the molecule is CC(CO)(CO)n1cc(I)cn1. The van der Waals surface area contributed by atoms with Gasteiger partial charge in [0.1, 0.15) is 5.54 Å². The summed E-state index contributed by atoms with van der Waals surface area (Å²) in [7, 11) is 0. The Morgan fingerprint density at radius 2 is 2.17 bits per heavy atom. The topological polar surface area (TPSA) is 58.3 Å². The molecule has 68 valence electrons. The molecule has 1 heterocycles. The van der Waals surface area contributed by atoms with Crippen LogP contribution in [0.2, 0.25) is 0 Å². The molecule has 0 saturated carbocycles. The zero-order chi connectivity index (χ0) is 9.19. The van der Waals surface area contributed by atoms with Crippen molar-refractivity contribution in [2.24, 2.45) is 0 Å². The van der Waals surface area contributed by atoms with E-state index in [0.29, 0.717) is 0 Å². The van der Waals surface area contributed by atoms with Crippen LogP contribution in [0.3, 0.4) is 0 Å². The molecular formula is C7H11IN2O2. The Hall–Kier alpha value is -0.140. The molecule has 0 fully saturated rings. The standard InChI is InChI=1S/C7H11IN2O2/c1-7(4-11,5-12)10-3-6(8)2-9-10/h2-3,11-12H,4-5H2,1H3. The van der Waals surface area contributed by atoms with Crippen LogP contribution in [-0.4, -0.2) is 33.2 Å². The third kappa shape index (κ3) is 1.78. The molecule has 1 aromatic rings. The molecule has 0 aromatic carbocycles. The van der Waals surface area contributed by atoms with E-state index in [1.54, 1.807) is 24.0 Å². The predicted molar refractivity (Wildman–Crippen MR) is 52.8 cm³/mol. The summed E-state index contributed by atoms with van der Waals surface area (Å²) < 4.78 is 2.56. The Balaban J connectivity index is 2.94. The van der Waals surface area contributed by atoms with Crippen molar-refractivity contribution in [2.45, 2.75) is 12.5 Å². The zero-order valence-electron chi connectivity index (χ0n) is 6.74. The van der Waals surface area contributed by atoms with Crippen LogP contribution < -0.4 is 0 Å². The van der Waals surface area contributed by atoms with Gasteiger partial charge >= 0.3 is 0 Å². The quantitative estimate of drug-likeness (QED) is 0.778. The van der Waals surface area contributed by atoms with Crippen LogP contribution in [0, 0.1) is 3.57 Å². The van der Waals surface area contributed by atoms with Crippen LogP contribution in [0.25, 0.3) is 0 Å². The van der Waals surface area contributed by atoms with Gasteiger partial charge in [-0.2, -0.15) is 5.10 Å². The number of aromatic nitrogens is 2. The smallest absolute Gasteiger partial charge is 0.106 e. The highest BCUT2D eigenvalue weighted by Crippen LogP contribution is 2.14. The highest BCUT2D eigenvalue weighted by Gasteiger charge is 2.25. The molecule has 0 atom stereocenters. The maximum absolute atomic E-state index is 9.02. The molecule has 2 N–H and O–H groups in total. The molecule has 0 aliphatic heterocycles. The number of halogens is 1. The first-order valence-electron chi connectivity index (χ1n) is 3.55. The summed E-state index contributed by atoms with van der Waals surface area (Å²) in [5.41, 5.74) is -0.691. The van der Waals surface area contributed by atoms with Crippen LogP contribution in [0.4, 0.5) is 0 Å². The number of nitrogens with zero attached hydrogens (tertiary/aromatic N) is 2. The molecule has 0 aliphatic rings. The van der Waals surface area contributed by atoms with E-state index in [-0.39, 0.29) is 13.2 Å². The van der Waals surface area contributed by atoms with Crippen LogP contribution in [0.1, 0.15) is 6.92 Å². The van der Waals surface area contributed by atoms with Gasteiger partial charge < -0.3 is 10.2 Å². The fraction of sp³-hybridized carbons (Fsp3) is 0.571. The van der Waals surface area contributed by atoms with Gasteiger partial charge in [0.05, 0.1) is 23.0 Å². The van der Waals surface area contributed by atoms with Gasteiger partial charge in [-0.15, -0.1) is 0 Å². The summed E-state index contributed by atoms with van der Waals surface area (Å²) in [5, 5.41) is 22.1. The molecule has 0 spiro atoms. The van der Waals surface area contributed by atoms with Crippen molar-refractivity contribution in [2.75, 3.05) is 13.2 Å². The molecular weight excluding hydrogens is 271 g/mol. The van der Waals surface area contributed by atoms with Crippen molar-refractivity contribution in [1.29, 1.82) is 0 Å². The molecule has 0 saturated heterocycles. The van der Waals surface area contributed by atoms with Gasteiger partial charge in [0.15, 0.2) is 0 Å². The third-order valence-corrected chi connectivity index (χ3v) is 2.34. The Labute approximate surface area is 84.3 Å². The van der Waals surface area contributed by atoms with E-state index in [4.69, 9.17) is 10.2 Å². The molecule has 5 heteroatoms. The van der Waals surface area contributed by atoms with Gasteiger partial charge in [-0.25, -0.2) is 0 Å². The first-order valence-corrected chi connectivity index (χ1v) is 4.62. The summed E-state index contributed by atoms with van der Waals surface area (Å²) in [5.74, 6) is 0. The van der Waals surface area contributed by atoms with Gasteiger partial charge in [0.25, 0.3) is 0 Å². The number of aliphatic hydroxyl groups is 2. The van der Waals surface area contributed by atoms with Gasteiger partial charge in [0, 0.05) is 6.20 Å². The Morgan fingerprint density at radius 1 is 1.58 bits per heavy atom. The predicted octanol–water partition coefficient (Wildman–Crippen LogP) is 0.187. The maximum Gasteiger partial charge on any atom is 0.106 e. The van der Waals surface area contributed by atoms with E-state index in [9.17, 15) is 0 Å². The summed E-state index contributed by atoms with van der Waals surface area (Å²) in [6.07, 6.45) is 3.47. The second kappa shape index (κ2) is 3.71. The van der Waals surface area contributed by atoms with Crippen LogP contribution in [0.15, 0.2) is 12.4 Å². The third-order valence-electron chi connectivity index (χ3n) is 1.79. The number of rotatable bonds is 3.